The highest BCUT2D eigenvalue weighted by atomic mass is 32.2. The molecule has 0 radical (unpaired) electrons. The van der Waals surface area contributed by atoms with Crippen LogP contribution in [0.25, 0.3) is 0 Å². The lowest BCUT2D eigenvalue weighted by molar-refractivity contribution is 0.193. The molecule has 2 fully saturated rings. The number of hydrogen-bond donors (Lipinski definition) is 2. The fraction of sp³-hybridized carbons (Fsp3) is 0.611. The molecule has 0 unspecified atom stereocenters. The number of sulfonamides is 2. The number of nitrogens with one attached hydrogen (secondary N) is 2. The summed E-state index contributed by atoms with van der Waals surface area (Å²) in [6, 6.07) is 6.33. The van der Waals surface area contributed by atoms with Gasteiger partial charge in [0.25, 0.3) is 0 Å². The molecule has 162 valence electrons. The van der Waals surface area contributed by atoms with Gasteiger partial charge >= 0.3 is 6.03 Å². The molecule has 2 aliphatic rings. The van der Waals surface area contributed by atoms with Gasteiger partial charge in [0, 0.05) is 31.4 Å². The minimum Gasteiger partial charge on any atom is -0.324 e. The molecular formula is C18H28N4O5S2. The highest BCUT2D eigenvalue weighted by Gasteiger charge is 2.29. The van der Waals surface area contributed by atoms with E-state index in [1.165, 1.54) is 4.31 Å². The first-order valence-electron chi connectivity index (χ1n) is 9.76. The Bertz CT molecular complexity index is 937. The highest BCUT2D eigenvalue weighted by Crippen LogP contribution is 2.25. The number of amides is 2. The minimum atomic E-state index is -3.32. The number of likely N-dealkylation sites (tertiary alicyclic amines) is 1. The van der Waals surface area contributed by atoms with Gasteiger partial charge in [0.2, 0.25) is 20.0 Å². The van der Waals surface area contributed by atoms with Crippen LogP contribution in [-0.4, -0.2) is 64.4 Å². The fourth-order valence-corrected chi connectivity index (χ4v) is 5.95. The predicted octanol–water partition coefficient (Wildman–Crippen LogP) is 1.55. The molecule has 29 heavy (non-hydrogen) atoms. The molecule has 3 rings (SSSR count). The van der Waals surface area contributed by atoms with Gasteiger partial charge in [0.05, 0.1) is 16.7 Å². The number of anilines is 2. The zero-order valence-corrected chi connectivity index (χ0v) is 18.3. The van der Waals surface area contributed by atoms with Gasteiger partial charge in [-0.15, -0.1) is 0 Å². The molecule has 0 atom stereocenters. The van der Waals surface area contributed by atoms with Gasteiger partial charge in [-0.05, 0) is 57.4 Å². The van der Waals surface area contributed by atoms with Crippen molar-refractivity contribution in [3.05, 3.63) is 24.3 Å². The van der Waals surface area contributed by atoms with E-state index in [1.54, 1.807) is 43.0 Å². The van der Waals surface area contributed by atoms with Crippen LogP contribution in [0.5, 0.6) is 0 Å². The number of piperidine rings is 1. The molecule has 9 nitrogen and oxygen atoms in total. The third-order valence-electron chi connectivity index (χ3n) is 5.24. The largest absolute Gasteiger partial charge is 0.324 e. The zero-order valence-electron chi connectivity index (χ0n) is 16.7. The van der Waals surface area contributed by atoms with E-state index in [4.69, 9.17) is 0 Å². The van der Waals surface area contributed by atoms with Crippen LogP contribution in [0.15, 0.2) is 24.3 Å². The Balaban J connectivity index is 1.52. The normalized spacial score (nSPS) is 20.2. The number of nitrogens with zero attached hydrogens (tertiary/aromatic N) is 2. The second kappa shape index (κ2) is 8.49. The summed E-state index contributed by atoms with van der Waals surface area (Å²) >= 11 is 0. The average Bonchev–Trinajstić information content (AvgIpc) is 3.01. The molecule has 0 saturated carbocycles. The molecule has 2 aliphatic heterocycles. The molecule has 2 amide bonds. The Morgan fingerprint density at radius 1 is 1.10 bits per heavy atom. The lowest BCUT2D eigenvalue weighted by Crippen LogP contribution is -2.48. The lowest BCUT2D eigenvalue weighted by Gasteiger charge is -2.32. The Morgan fingerprint density at radius 3 is 2.24 bits per heavy atom. The molecule has 2 saturated heterocycles. The molecule has 1 aromatic carbocycles. The van der Waals surface area contributed by atoms with Crippen molar-refractivity contribution in [3.8, 4) is 0 Å². The van der Waals surface area contributed by atoms with Gasteiger partial charge in [-0.3, -0.25) is 4.31 Å². The number of carbonyl (C=O) groups is 1. The smallest absolute Gasteiger partial charge is 0.321 e. The van der Waals surface area contributed by atoms with E-state index < -0.39 is 25.3 Å². The van der Waals surface area contributed by atoms with Crippen molar-refractivity contribution in [2.24, 2.45) is 0 Å². The van der Waals surface area contributed by atoms with E-state index in [2.05, 4.69) is 10.0 Å². The summed E-state index contributed by atoms with van der Waals surface area (Å²) in [5.74, 6) is 0.161. The SMILES string of the molecule is CC(C)S(=O)(=O)NC1CCN(C(=O)Nc2ccc(N3CCCS3(=O)=O)cc2)CC1. The summed E-state index contributed by atoms with van der Waals surface area (Å²) in [7, 11) is -6.55. The van der Waals surface area contributed by atoms with Crippen molar-refractivity contribution in [2.45, 2.75) is 44.4 Å². The molecule has 0 aliphatic carbocycles. The van der Waals surface area contributed by atoms with Crippen LogP contribution in [0.1, 0.15) is 33.1 Å². The third-order valence-corrected chi connectivity index (χ3v) is 9.01. The molecule has 11 heteroatoms. The van der Waals surface area contributed by atoms with Crippen molar-refractivity contribution >= 4 is 37.5 Å². The van der Waals surface area contributed by atoms with Crippen molar-refractivity contribution in [2.75, 3.05) is 35.0 Å². The van der Waals surface area contributed by atoms with Crippen LogP contribution in [0.2, 0.25) is 0 Å². The Hall–Kier alpha value is -1.85. The van der Waals surface area contributed by atoms with E-state index >= 15 is 0 Å². The van der Waals surface area contributed by atoms with Crippen molar-refractivity contribution in [1.29, 1.82) is 0 Å². The van der Waals surface area contributed by atoms with Crippen molar-refractivity contribution in [1.82, 2.24) is 9.62 Å². The second-order valence-corrected chi connectivity index (χ2v) is 12.0. The van der Waals surface area contributed by atoms with Crippen LogP contribution < -0.4 is 14.3 Å². The second-order valence-electron chi connectivity index (χ2n) is 7.69. The van der Waals surface area contributed by atoms with Gasteiger partial charge in [0.1, 0.15) is 0 Å². The molecule has 0 aromatic heterocycles. The number of rotatable bonds is 5. The first kappa shape index (κ1) is 21.8. The minimum absolute atomic E-state index is 0.159. The standard InChI is InChI=1S/C18H28N4O5S2/c1-14(2)29(26,27)20-16-8-11-21(12-9-16)18(23)19-15-4-6-17(7-5-15)22-10-3-13-28(22,24)25/h4-7,14,16,20H,3,8-13H2,1-2H3,(H,19,23). The first-order valence-corrected chi connectivity index (χ1v) is 12.9. The van der Waals surface area contributed by atoms with Gasteiger partial charge < -0.3 is 10.2 Å². The van der Waals surface area contributed by atoms with Crippen molar-refractivity contribution in [3.63, 3.8) is 0 Å². The van der Waals surface area contributed by atoms with Crippen LogP contribution in [0.4, 0.5) is 16.2 Å². The van der Waals surface area contributed by atoms with Crippen LogP contribution in [0, 0.1) is 0 Å². The van der Waals surface area contributed by atoms with E-state index in [1.807, 2.05) is 0 Å². The summed E-state index contributed by atoms with van der Waals surface area (Å²) in [6.07, 6.45) is 1.74. The Kier molecular flexibility index (Phi) is 6.39. The van der Waals surface area contributed by atoms with Crippen LogP contribution in [0.3, 0.4) is 0 Å². The number of urea groups is 1. The summed E-state index contributed by atoms with van der Waals surface area (Å²) in [5.41, 5.74) is 1.18. The average molecular weight is 445 g/mol. The van der Waals surface area contributed by atoms with Crippen LogP contribution in [-0.2, 0) is 20.0 Å². The molecule has 2 heterocycles. The summed E-state index contributed by atoms with van der Waals surface area (Å²) < 4.78 is 52.0. The zero-order chi connectivity index (χ0) is 21.2. The molecule has 1 aromatic rings. The van der Waals surface area contributed by atoms with E-state index in [9.17, 15) is 21.6 Å². The quantitative estimate of drug-likeness (QED) is 0.715. The van der Waals surface area contributed by atoms with E-state index in [0.29, 0.717) is 50.3 Å². The monoisotopic (exact) mass is 444 g/mol. The number of benzene rings is 1. The lowest BCUT2D eigenvalue weighted by atomic mass is 10.1. The van der Waals surface area contributed by atoms with Crippen molar-refractivity contribution < 1.29 is 21.6 Å². The Morgan fingerprint density at radius 2 is 1.72 bits per heavy atom. The van der Waals surface area contributed by atoms with Gasteiger partial charge in [-0.25, -0.2) is 26.4 Å². The molecular weight excluding hydrogens is 416 g/mol. The molecule has 2 N–H and O–H groups in total. The van der Waals surface area contributed by atoms with Gasteiger partial charge in [-0.1, -0.05) is 0 Å². The third kappa shape index (κ3) is 5.20. The van der Waals surface area contributed by atoms with Gasteiger partial charge in [-0.2, -0.15) is 0 Å². The van der Waals surface area contributed by atoms with Crippen LogP contribution >= 0.6 is 0 Å². The maximum Gasteiger partial charge on any atom is 0.321 e. The molecule has 0 bridgehead atoms. The fourth-order valence-electron chi connectivity index (χ4n) is 3.41. The summed E-state index contributed by atoms with van der Waals surface area (Å²) in [5, 5.41) is 2.33. The molecule has 0 spiro atoms. The highest BCUT2D eigenvalue weighted by molar-refractivity contribution is 7.93. The maximum absolute atomic E-state index is 12.5. The Labute approximate surface area is 172 Å². The number of carbonyl (C=O) groups excluding carboxylic acids is 1. The van der Waals surface area contributed by atoms with E-state index in [-0.39, 0.29) is 17.8 Å². The summed E-state index contributed by atoms with van der Waals surface area (Å²) in [4.78, 5) is 14.1. The van der Waals surface area contributed by atoms with E-state index in [0.717, 1.165) is 0 Å². The topological polar surface area (TPSA) is 116 Å². The number of hydrogen-bond acceptors (Lipinski definition) is 5. The predicted molar refractivity (Wildman–Crippen MR) is 113 cm³/mol. The van der Waals surface area contributed by atoms with Gasteiger partial charge in [0.15, 0.2) is 0 Å². The first-order chi connectivity index (χ1) is 13.6. The maximum atomic E-state index is 12.5. The summed E-state index contributed by atoms with van der Waals surface area (Å²) in [6.45, 7) is 4.66.